The third-order valence-corrected chi connectivity index (χ3v) is 3.80. The van der Waals surface area contributed by atoms with Crippen LogP contribution in [0, 0.1) is 6.92 Å². The Morgan fingerprint density at radius 3 is 2.80 bits per heavy atom. The fourth-order valence-corrected chi connectivity index (χ4v) is 2.51. The molecule has 0 saturated heterocycles. The Kier molecular flexibility index (Phi) is 5.09. The number of benzene rings is 1. The number of anilines is 1. The molecule has 6 heteroatoms. The van der Waals surface area contributed by atoms with Crippen LogP contribution in [0.2, 0.25) is 0 Å². The van der Waals surface area contributed by atoms with Gasteiger partial charge >= 0.3 is 0 Å². The van der Waals surface area contributed by atoms with E-state index < -0.39 is 0 Å². The predicted octanol–water partition coefficient (Wildman–Crippen LogP) is 3.14. The molecule has 0 saturated carbocycles. The highest BCUT2D eigenvalue weighted by Crippen LogP contribution is 2.22. The summed E-state index contributed by atoms with van der Waals surface area (Å²) in [7, 11) is 0. The molecular weight excluding hydrogens is 314 g/mol. The number of H-pyrrole nitrogens is 1. The van der Waals surface area contributed by atoms with E-state index in [9.17, 15) is 4.79 Å². The van der Waals surface area contributed by atoms with Gasteiger partial charge in [0, 0.05) is 31.0 Å². The van der Waals surface area contributed by atoms with Crippen molar-refractivity contribution in [3.05, 3.63) is 65.6 Å². The Morgan fingerprint density at radius 2 is 2.04 bits per heavy atom. The molecule has 1 amide bonds. The summed E-state index contributed by atoms with van der Waals surface area (Å²) in [6, 6.07) is 11.6. The first-order valence-corrected chi connectivity index (χ1v) is 8.25. The van der Waals surface area contributed by atoms with Gasteiger partial charge < -0.3 is 15.6 Å². The maximum atomic E-state index is 12.3. The van der Waals surface area contributed by atoms with Crippen LogP contribution in [0.25, 0.3) is 11.3 Å². The van der Waals surface area contributed by atoms with Crippen molar-refractivity contribution < 1.29 is 4.79 Å². The molecule has 0 bridgehead atoms. The topological polar surface area (TPSA) is 82.7 Å². The number of aromatic nitrogens is 3. The molecule has 3 aromatic rings. The monoisotopic (exact) mass is 335 g/mol. The highest BCUT2D eigenvalue weighted by atomic mass is 16.1. The largest absolute Gasteiger partial charge is 0.357 e. The van der Waals surface area contributed by atoms with Crippen molar-refractivity contribution >= 4 is 11.9 Å². The average molecular weight is 335 g/mol. The third kappa shape index (κ3) is 4.03. The summed E-state index contributed by atoms with van der Waals surface area (Å²) in [4.78, 5) is 24.1. The summed E-state index contributed by atoms with van der Waals surface area (Å²) >= 11 is 0. The van der Waals surface area contributed by atoms with E-state index in [2.05, 4.69) is 25.6 Å². The zero-order valence-corrected chi connectivity index (χ0v) is 14.3. The summed E-state index contributed by atoms with van der Waals surface area (Å²) < 4.78 is 0. The molecule has 0 aliphatic rings. The number of hydrogen-bond donors (Lipinski definition) is 3. The lowest BCUT2D eigenvalue weighted by molar-refractivity contribution is 0.0946. The lowest BCUT2D eigenvalue weighted by Crippen LogP contribution is -2.22. The van der Waals surface area contributed by atoms with Crippen LogP contribution in [0.3, 0.4) is 0 Å². The molecule has 0 aliphatic carbocycles. The average Bonchev–Trinajstić information content (AvgIpc) is 3.12. The first kappa shape index (κ1) is 16.7. The highest BCUT2D eigenvalue weighted by molar-refractivity contribution is 5.93. The van der Waals surface area contributed by atoms with Crippen molar-refractivity contribution in [1.82, 2.24) is 20.3 Å². The molecule has 0 radical (unpaired) electrons. The smallest absolute Gasteiger partial charge is 0.267 e. The van der Waals surface area contributed by atoms with Gasteiger partial charge in [0.25, 0.3) is 5.91 Å². The van der Waals surface area contributed by atoms with Gasteiger partial charge in [-0.25, -0.2) is 9.97 Å². The number of amides is 1. The van der Waals surface area contributed by atoms with Gasteiger partial charge in [0.05, 0.1) is 5.69 Å². The molecule has 3 N–H and O–H groups in total. The molecule has 0 atom stereocenters. The van der Waals surface area contributed by atoms with Crippen LogP contribution in [0.1, 0.15) is 28.5 Å². The standard InChI is InChI=1S/C19H21N5O/c1-3-20-19-23-10-13(2)17(24-19)15-9-16(21-12-15)18(25)22-11-14-7-5-4-6-8-14/h4-10,12,21H,3,11H2,1-2H3,(H,22,25)(H,20,23,24). The minimum absolute atomic E-state index is 0.145. The summed E-state index contributed by atoms with van der Waals surface area (Å²) in [5.74, 6) is 0.438. The molecule has 1 aromatic carbocycles. The number of aromatic amines is 1. The minimum Gasteiger partial charge on any atom is -0.357 e. The molecule has 128 valence electrons. The van der Waals surface area contributed by atoms with Crippen molar-refractivity contribution in [2.75, 3.05) is 11.9 Å². The van der Waals surface area contributed by atoms with E-state index in [4.69, 9.17) is 0 Å². The van der Waals surface area contributed by atoms with Gasteiger partial charge in [-0.3, -0.25) is 4.79 Å². The molecule has 2 heterocycles. The Balaban J connectivity index is 1.73. The van der Waals surface area contributed by atoms with Gasteiger partial charge in [0.2, 0.25) is 5.95 Å². The van der Waals surface area contributed by atoms with E-state index in [-0.39, 0.29) is 5.91 Å². The van der Waals surface area contributed by atoms with E-state index in [1.165, 1.54) is 0 Å². The fourth-order valence-electron chi connectivity index (χ4n) is 2.51. The van der Waals surface area contributed by atoms with Crippen molar-refractivity contribution in [2.45, 2.75) is 20.4 Å². The highest BCUT2D eigenvalue weighted by Gasteiger charge is 2.12. The second-order valence-corrected chi connectivity index (χ2v) is 5.73. The molecule has 0 fully saturated rings. The molecule has 3 rings (SSSR count). The second kappa shape index (κ2) is 7.61. The number of hydrogen-bond acceptors (Lipinski definition) is 4. The quantitative estimate of drug-likeness (QED) is 0.646. The number of aryl methyl sites for hydroxylation is 1. The Hall–Kier alpha value is -3.15. The van der Waals surface area contributed by atoms with Crippen LogP contribution < -0.4 is 10.6 Å². The van der Waals surface area contributed by atoms with Crippen LogP contribution in [0.5, 0.6) is 0 Å². The summed E-state index contributed by atoms with van der Waals surface area (Å²) in [6.45, 7) is 5.19. The Bertz CT molecular complexity index is 857. The van der Waals surface area contributed by atoms with Gasteiger partial charge in [0.15, 0.2) is 0 Å². The summed E-state index contributed by atoms with van der Waals surface area (Å²) in [6.07, 6.45) is 3.57. The lowest BCUT2D eigenvalue weighted by Gasteiger charge is -2.06. The van der Waals surface area contributed by atoms with Gasteiger partial charge in [-0.1, -0.05) is 30.3 Å². The summed E-state index contributed by atoms with van der Waals surface area (Å²) in [5, 5.41) is 6.01. The maximum absolute atomic E-state index is 12.3. The predicted molar refractivity (Wildman–Crippen MR) is 98.3 cm³/mol. The van der Waals surface area contributed by atoms with Crippen molar-refractivity contribution in [1.29, 1.82) is 0 Å². The Morgan fingerprint density at radius 1 is 1.24 bits per heavy atom. The van der Waals surface area contributed by atoms with Crippen LogP contribution in [0.4, 0.5) is 5.95 Å². The first-order valence-electron chi connectivity index (χ1n) is 8.25. The number of nitrogens with zero attached hydrogens (tertiary/aromatic N) is 2. The van der Waals surface area contributed by atoms with Gasteiger partial charge in [-0.05, 0) is 31.0 Å². The molecule has 0 unspecified atom stereocenters. The van der Waals surface area contributed by atoms with Crippen molar-refractivity contribution in [3.8, 4) is 11.3 Å². The summed E-state index contributed by atoms with van der Waals surface area (Å²) in [5.41, 5.74) is 4.20. The van der Waals surface area contributed by atoms with Crippen LogP contribution >= 0.6 is 0 Å². The van der Waals surface area contributed by atoms with E-state index in [0.29, 0.717) is 18.2 Å². The number of rotatable bonds is 6. The van der Waals surface area contributed by atoms with Gasteiger partial charge in [0.1, 0.15) is 5.69 Å². The van der Waals surface area contributed by atoms with Crippen LogP contribution in [-0.4, -0.2) is 27.4 Å². The van der Waals surface area contributed by atoms with E-state index in [0.717, 1.165) is 28.9 Å². The zero-order valence-electron chi connectivity index (χ0n) is 14.3. The third-order valence-electron chi connectivity index (χ3n) is 3.80. The number of nitrogens with one attached hydrogen (secondary N) is 3. The normalized spacial score (nSPS) is 10.5. The van der Waals surface area contributed by atoms with E-state index in [1.807, 2.05) is 50.2 Å². The van der Waals surface area contributed by atoms with Crippen LogP contribution in [-0.2, 0) is 6.54 Å². The lowest BCUT2D eigenvalue weighted by atomic mass is 10.1. The molecule has 6 nitrogen and oxygen atoms in total. The van der Waals surface area contributed by atoms with E-state index in [1.54, 1.807) is 12.4 Å². The molecule has 25 heavy (non-hydrogen) atoms. The number of carbonyl (C=O) groups excluding carboxylic acids is 1. The SMILES string of the molecule is CCNc1ncc(C)c(-c2c[nH]c(C(=O)NCc3ccccc3)c2)n1. The van der Waals surface area contributed by atoms with Gasteiger partial charge in [-0.2, -0.15) is 0 Å². The minimum atomic E-state index is -0.145. The van der Waals surface area contributed by atoms with Crippen LogP contribution in [0.15, 0.2) is 48.8 Å². The van der Waals surface area contributed by atoms with E-state index >= 15 is 0 Å². The second-order valence-electron chi connectivity index (χ2n) is 5.73. The maximum Gasteiger partial charge on any atom is 0.267 e. The first-order chi connectivity index (χ1) is 12.2. The zero-order chi connectivity index (χ0) is 17.6. The molecule has 0 spiro atoms. The van der Waals surface area contributed by atoms with Crippen molar-refractivity contribution in [3.63, 3.8) is 0 Å². The Labute approximate surface area is 146 Å². The molecule has 2 aromatic heterocycles. The fraction of sp³-hybridized carbons (Fsp3) is 0.211. The molecular formula is C19H21N5O. The molecule has 0 aliphatic heterocycles. The van der Waals surface area contributed by atoms with Crippen molar-refractivity contribution in [2.24, 2.45) is 0 Å². The number of carbonyl (C=O) groups is 1. The van der Waals surface area contributed by atoms with Gasteiger partial charge in [-0.15, -0.1) is 0 Å².